The van der Waals surface area contributed by atoms with Crippen LogP contribution in [0.4, 0.5) is 0 Å². The minimum Gasteiger partial charge on any atom is -0.240 e. The van der Waals surface area contributed by atoms with Gasteiger partial charge in [0.05, 0.1) is 14.5 Å². The van der Waals surface area contributed by atoms with E-state index in [2.05, 4.69) is 59.0 Å². The number of aromatic nitrogens is 1. The minimum atomic E-state index is 0.578. The molecule has 1 heterocycles. The van der Waals surface area contributed by atoms with Gasteiger partial charge in [0.2, 0.25) is 0 Å². The van der Waals surface area contributed by atoms with Crippen LogP contribution in [0.25, 0.3) is 11.3 Å². The van der Waals surface area contributed by atoms with Gasteiger partial charge in [-0.3, -0.25) is 0 Å². The second-order valence-electron chi connectivity index (χ2n) is 4.13. The van der Waals surface area contributed by atoms with Gasteiger partial charge in [-0.05, 0) is 34.3 Å². The molecule has 0 aliphatic rings. The van der Waals surface area contributed by atoms with E-state index in [0.29, 0.717) is 5.92 Å². The van der Waals surface area contributed by atoms with Gasteiger partial charge in [0.15, 0.2) is 0 Å². The van der Waals surface area contributed by atoms with E-state index in [1.165, 1.54) is 11.1 Å². The molecule has 0 aliphatic heterocycles. The molecule has 0 atom stereocenters. The number of thiazole rings is 1. The van der Waals surface area contributed by atoms with Crippen LogP contribution >= 0.6 is 27.3 Å². The Morgan fingerprint density at radius 1 is 1.19 bits per heavy atom. The van der Waals surface area contributed by atoms with Crippen molar-refractivity contribution in [1.29, 1.82) is 0 Å². The highest BCUT2D eigenvalue weighted by molar-refractivity contribution is 9.11. The summed E-state index contributed by atoms with van der Waals surface area (Å²) in [5.74, 6) is 0.578. The predicted octanol–water partition coefficient (Wildman–Crippen LogP) is 5.00. The van der Waals surface area contributed by atoms with E-state index in [1.54, 1.807) is 11.3 Å². The van der Waals surface area contributed by atoms with Crippen molar-refractivity contribution in [2.24, 2.45) is 0 Å². The van der Waals surface area contributed by atoms with Crippen LogP contribution in [-0.4, -0.2) is 4.98 Å². The lowest BCUT2D eigenvalue weighted by atomic mass is 10.0. The number of rotatable bonds is 2. The summed E-state index contributed by atoms with van der Waals surface area (Å²) in [6.45, 7) is 6.44. The predicted molar refractivity (Wildman–Crippen MR) is 74.1 cm³/mol. The average molecular weight is 296 g/mol. The molecule has 0 N–H and O–H groups in total. The van der Waals surface area contributed by atoms with Crippen molar-refractivity contribution in [2.45, 2.75) is 26.7 Å². The fourth-order valence-electron chi connectivity index (χ4n) is 1.61. The normalized spacial score (nSPS) is 11.1. The lowest BCUT2D eigenvalue weighted by Crippen LogP contribution is -1.87. The molecule has 1 aromatic heterocycles. The number of benzene rings is 1. The molecular formula is C13H14BrNS. The van der Waals surface area contributed by atoms with Gasteiger partial charge in [0.1, 0.15) is 0 Å². The van der Waals surface area contributed by atoms with Crippen molar-refractivity contribution in [2.75, 3.05) is 0 Å². The third-order valence-electron chi connectivity index (χ3n) is 2.54. The Balaban J connectivity index is 2.38. The molecule has 1 nitrogen and oxygen atoms in total. The SMILES string of the molecule is Cc1nc(-c2ccc(C(C)C)cc2)c(Br)s1. The number of halogens is 1. The van der Waals surface area contributed by atoms with E-state index in [0.717, 1.165) is 14.5 Å². The highest BCUT2D eigenvalue weighted by atomic mass is 79.9. The standard InChI is InChI=1S/C13H14BrNS/c1-8(2)10-4-6-11(7-5-10)12-13(14)16-9(3)15-12/h4-8H,1-3H3. The number of hydrogen-bond donors (Lipinski definition) is 0. The van der Waals surface area contributed by atoms with Gasteiger partial charge in [-0.2, -0.15) is 0 Å². The molecule has 0 bridgehead atoms. The Bertz CT molecular complexity index is 485. The molecule has 2 aromatic rings. The summed E-state index contributed by atoms with van der Waals surface area (Å²) in [5.41, 5.74) is 3.60. The first kappa shape index (κ1) is 11.8. The molecule has 0 saturated carbocycles. The summed E-state index contributed by atoms with van der Waals surface area (Å²) in [5, 5.41) is 1.09. The molecule has 2 rings (SSSR count). The zero-order valence-electron chi connectivity index (χ0n) is 9.62. The quantitative estimate of drug-likeness (QED) is 0.759. The Morgan fingerprint density at radius 3 is 2.25 bits per heavy atom. The number of aryl methyl sites for hydroxylation is 1. The monoisotopic (exact) mass is 295 g/mol. The molecular weight excluding hydrogens is 282 g/mol. The lowest BCUT2D eigenvalue weighted by Gasteiger charge is -2.05. The van der Waals surface area contributed by atoms with Crippen LogP contribution in [0.3, 0.4) is 0 Å². The van der Waals surface area contributed by atoms with Crippen LogP contribution in [0.5, 0.6) is 0 Å². The molecule has 0 fully saturated rings. The molecule has 0 amide bonds. The van der Waals surface area contributed by atoms with Gasteiger partial charge in [-0.1, -0.05) is 38.1 Å². The summed E-state index contributed by atoms with van der Waals surface area (Å²) >= 11 is 5.24. The third-order valence-corrected chi connectivity index (χ3v) is 4.16. The Labute approximate surface area is 109 Å². The van der Waals surface area contributed by atoms with Crippen LogP contribution in [0.1, 0.15) is 30.3 Å². The van der Waals surface area contributed by atoms with Gasteiger partial charge < -0.3 is 0 Å². The van der Waals surface area contributed by atoms with Crippen LogP contribution in [-0.2, 0) is 0 Å². The molecule has 84 valence electrons. The second-order valence-corrected chi connectivity index (χ2v) is 6.65. The van der Waals surface area contributed by atoms with Crippen molar-refractivity contribution in [3.8, 4) is 11.3 Å². The third kappa shape index (κ3) is 2.36. The Hall–Kier alpha value is -0.670. The van der Waals surface area contributed by atoms with Gasteiger partial charge in [-0.15, -0.1) is 11.3 Å². The Kier molecular flexibility index (Phi) is 3.45. The van der Waals surface area contributed by atoms with E-state index < -0.39 is 0 Å². The smallest absolute Gasteiger partial charge is 0.0979 e. The van der Waals surface area contributed by atoms with Crippen LogP contribution in [0.15, 0.2) is 28.1 Å². The van der Waals surface area contributed by atoms with Gasteiger partial charge in [0, 0.05) is 5.56 Å². The molecule has 0 saturated heterocycles. The minimum absolute atomic E-state index is 0.578. The van der Waals surface area contributed by atoms with Crippen molar-refractivity contribution >= 4 is 27.3 Å². The molecule has 16 heavy (non-hydrogen) atoms. The first-order chi connectivity index (χ1) is 7.58. The summed E-state index contributed by atoms with van der Waals surface area (Å²) in [6.07, 6.45) is 0. The molecule has 0 radical (unpaired) electrons. The summed E-state index contributed by atoms with van der Waals surface area (Å²) in [4.78, 5) is 4.53. The highest BCUT2D eigenvalue weighted by Gasteiger charge is 2.09. The topological polar surface area (TPSA) is 12.9 Å². The molecule has 1 aromatic carbocycles. The summed E-state index contributed by atoms with van der Waals surface area (Å²) in [6, 6.07) is 8.66. The first-order valence-corrected chi connectivity index (χ1v) is 6.92. The van der Waals surface area contributed by atoms with Crippen molar-refractivity contribution < 1.29 is 0 Å². The molecule has 3 heteroatoms. The maximum Gasteiger partial charge on any atom is 0.0979 e. The van der Waals surface area contributed by atoms with E-state index >= 15 is 0 Å². The van der Waals surface area contributed by atoms with Crippen molar-refractivity contribution in [3.05, 3.63) is 38.6 Å². The van der Waals surface area contributed by atoms with E-state index in [1.807, 2.05) is 6.92 Å². The van der Waals surface area contributed by atoms with Crippen molar-refractivity contribution in [3.63, 3.8) is 0 Å². The zero-order valence-corrected chi connectivity index (χ0v) is 12.0. The summed E-state index contributed by atoms with van der Waals surface area (Å²) < 4.78 is 1.11. The number of hydrogen-bond acceptors (Lipinski definition) is 2. The largest absolute Gasteiger partial charge is 0.240 e. The van der Waals surface area contributed by atoms with Gasteiger partial charge in [-0.25, -0.2) is 4.98 Å². The first-order valence-electron chi connectivity index (χ1n) is 5.31. The average Bonchev–Trinajstić information content (AvgIpc) is 2.58. The summed E-state index contributed by atoms with van der Waals surface area (Å²) in [7, 11) is 0. The molecule has 0 unspecified atom stereocenters. The maximum atomic E-state index is 4.53. The van der Waals surface area contributed by atoms with Crippen molar-refractivity contribution in [1.82, 2.24) is 4.98 Å². The highest BCUT2D eigenvalue weighted by Crippen LogP contribution is 2.33. The van der Waals surface area contributed by atoms with E-state index in [9.17, 15) is 0 Å². The second kappa shape index (κ2) is 4.68. The molecule has 0 spiro atoms. The van der Waals surface area contributed by atoms with E-state index in [4.69, 9.17) is 0 Å². The van der Waals surface area contributed by atoms with Crippen LogP contribution in [0.2, 0.25) is 0 Å². The maximum absolute atomic E-state index is 4.53. The van der Waals surface area contributed by atoms with E-state index in [-0.39, 0.29) is 0 Å². The Morgan fingerprint density at radius 2 is 1.81 bits per heavy atom. The fourth-order valence-corrected chi connectivity index (χ4v) is 3.28. The van der Waals surface area contributed by atoms with Crippen LogP contribution < -0.4 is 0 Å². The fraction of sp³-hybridized carbons (Fsp3) is 0.308. The lowest BCUT2D eigenvalue weighted by molar-refractivity contribution is 0.867. The van der Waals surface area contributed by atoms with Crippen LogP contribution in [0, 0.1) is 6.92 Å². The zero-order chi connectivity index (χ0) is 11.7. The molecule has 0 aliphatic carbocycles. The number of nitrogens with zero attached hydrogens (tertiary/aromatic N) is 1. The van der Waals surface area contributed by atoms with Gasteiger partial charge in [0.25, 0.3) is 0 Å². The van der Waals surface area contributed by atoms with Gasteiger partial charge >= 0.3 is 0 Å².